The molecular formula is C9H9NO2S2. The maximum atomic E-state index is 11.7. The third-order valence-corrected chi connectivity index (χ3v) is 4.11. The van der Waals surface area contributed by atoms with Crippen LogP contribution in [0.2, 0.25) is 0 Å². The quantitative estimate of drug-likeness (QED) is 0.738. The summed E-state index contributed by atoms with van der Waals surface area (Å²) in [6.45, 7) is 0. The Morgan fingerprint density at radius 2 is 2.36 bits per heavy atom. The number of rotatable bonds is 2. The van der Waals surface area contributed by atoms with Crippen molar-refractivity contribution in [3.63, 3.8) is 0 Å². The SMILES string of the molecule is CON(C)C(=O)c1cc2ccsc2s1. The van der Waals surface area contributed by atoms with E-state index in [1.807, 2.05) is 17.5 Å². The fraction of sp³-hybridized carbons (Fsp3) is 0.222. The predicted octanol–water partition coefficient (Wildman–Crippen LogP) is 2.60. The van der Waals surface area contributed by atoms with Crippen LogP contribution in [-0.4, -0.2) is 25.1 Å². The van der Waals surface area contributed by atoms with Gasteiger partial charge in [0.1, 0.15) is 0 Å². The Hall–Kier alpha value is -0.910. The Bertz CT molecular complexity index is 432. The van der Waals surface area contributed by atoms with Gasteiger partial charge in [-0.1, -0.05) is 0 Å². The second-order valence-corrected chi connectivity index (χ2v) is 4.99. The second kappa shape index (κ2) is 3.68. The van der Waals surface area contributed by atoms with E-state index in [4.69, 9.17) is 4.84 Å². The lowest BCUT2D eigenvalue weighted by Crippen LogP contribution is -2.24. The highest BCUT2D eigenvalue weighted by Gasteiger charge is 2.14. The molecule has 0 aromatic carbocycles. The monoisotopic (exact) mass is 227 g/mol. The first-order chi connectivity index (χ1) is 6.72. The van der Waals surface area contributed by atoms with Crippen molar-refractivity contribution in [2.45, 2.75) is 0 Å². The topological polar surface area (TPSA) is 29.5 Å². The Morgan fingerprint density at radius 3 is 3.00 bits per heavy atom. The molecule has 1 amide bonds. The third kappa shape index (κ3) is 1.54. The summed E-state index contributed by atoms with van der Waals surface area (Å²) in [5.74, 6) is -0.0964. The zero-order chi connectivity index (χ0) is 10.1. The largest absolute Gasteiger partial charge is 0.287 e. The summed E-state index contributed by atoms with van der Waals surface area (Å²) in [6, 6.07) is 3.91. The molecule has 5 heteroatoms. The fourth-order valence-electron chi connectivity index (χ4n) is 1.11. The highest BCUT2D eigenvalue weighted by atomic mass is 32.2. The maximum Gasteiger partial charge on any atom is 0.287 e. The number of hydrogen-bond donors (Lipinski definition) is 0. The molecule has 74 valence electrons. The summed E-state index contributed by atoms with van der Waals surface area (Å²) in [6.07, 6.45) is 0. The van der Waals surface area contributed by atoms with Gasteiger partial charge in [-0.15, -0.1) is 22.7 Å². The van der Waals surface area contributed by atoms with Gasteiger partial charge in [0.2, 0.25) is 0 Å². The van der Waals surface area contributed by atoms with E-state index in [2.05, 4.69) is 0 Å². The van der Waals surface area contributed by atoms with E-state index in [1.54, 1.807) is 18.4 Å². The molecule has 0 aliphatic rings. The molecule has 0 radical (unpaired) electrons. The van der Waals surface area contributed by atoms with E-state index in [0.717, 1.165) is 10.3 Å². The first-order valence-electron chi connectivity index (χ1n) is 4.01. The van der Waals surface area contributed by atoms with E-state index >= 15 is 0 Å². The summed E-state index contributed by atoms with van der Waals surface area (Å²) in [4.78, 5) is 17.2. The van der Waals surface area contributed by atoms with Crippen molar-refractivity contribution >= 4 is 38.0 Å². The van der Waals surface area contributed by atoms with Crippen LogP contribution in [-0.2, 0) is 4.84 Å². The summed E-state index contributed by atoms with van der Waals surface area (Å²) >= 11 is 3.15. The summed E-state index contributed by atoms with van der Waals surface area (Å²) in [5, 5.41) is 4.39. The third-order valence-electron chi connectivity index (χ3n) is 1.92. The Balaban J connectivity index is 2.35. The van der Waals surface area contributed by atoms with Gasteiger partial charge in [-0.2, -0.15) is 0 Å². The van der Waals surface area contributed by atoms with Gasteiger partial charge >= 0.3 is 0 Å². The van der Waals surface area contributed by atoms with Crippen LogP contribution in [0.3, 0.4) is 0 Å². The Morgan fingerprint density at radius 1 is 1.57 bits per heavy atom. The second-order valence-electron chi connectivity index (χ2n) is 2.76. The van der Waals surface area contributed by atoms with Crippen molar-refractivity contribution in [2.75, 3.05) is 14.2 Å². The molecule has 0 N–H and O–H groups in total. The first kappa shape index (κ1) is 9.64. The van der Waals surface area contributed by atoms with Crippen molar-refractivity contribution in [3.05, 3.63) is 22.4 Å². The molecular weight excluding hydrogens is 218 g/mol. The minimum absolute atomic E-state index is 0.0964. The molecule has 0 atom stereocenters. The molecule has 0 fully saturated rings. The summed E-state index contributed by atoms with van der Waals surface area (Å²) in [7, 11) is 3.09. The van der Waals surface area contributed by atoms with Crippen LogP contribution < -0.4 is 0 Å². The number of thiophene rings is 2. The van der Waals surface area contributed by atoms with Gasteiger partial charge in [0.25, 0.3) is 5.91 Å². The van der Waals surface area contributed by atoms with Gasteiger partial charge in [-0.25, -0.2) is 5.06 Å². The Kier molecular flexibility index (Phi) is 2.54. The molecule has 2 aromatic rings. The first-order valence-corrected chi connectivity index (χ1v) is 5.71. The minimum Gasteiger partial charge on any atom is -0.274 e. The number of carbonyl (C=O) groups excluding carboxylic acids is 1. The summed E-state index contributed by atoms with van der Waals surface area (Å²) in [5.41, 5.74) is 0. The van der Waals surface area contributed by atoms with E-state index in [-0.39, 0.29) is 5.91 Å². The van der Waals surface area contributed by atoms with Gasteiger partial charge in [-0.05, 0) is 17.5 Å². The number of hydroxylamine groups is 2. The van der Waals surface area contributed by atoms with Crippen LogP contribution in [0.5, 0.6) is 0 Å². The normalized spacial score (nSPS) is 10.7. The van der Waals surface area contributed by atoms with Crippen LogP contribution in [0.25, 0.3) is 9.40 Å². The number of nitrogens with zero attached hydrogens (tertiary/aromatic N) is 1. The maximum absolute atomic E-state index is 11.7. The zero-order valence-electron chi connectivity index (χ0n) is 7.81. The van der Waals surface area contributed by atoms with E-state index < -0.39 is 0 Å². The number of hydrogen-bond acceptors (Lipinski definition) is 4. The van der Waals surface area contributed by atoms with Crippen molar-refractivity contribution in [2.24, 2.45) is 0 Å². The van der Waals surface area contributed by atoms with E-state index in [1.165, 1.54) is 27.5 Å². The van der Waals surface area contributed by atoms with Crippen molar-refractivity contribution in [3.8, 4) is 0 Å². The lowest BCUT2D eigenvalue weighted by molar-refractivity contribution is -0.0753. The van der Waals surface area contributed by atoms with Gasteiger partial charge in [0.15, 0.2) is 0 Å². The highest BCUT2D eigenvalue weighted by molar-refractivity contribution is 7.38. The number of fused-ring (bicyclic) bond motifs is 1. The van der Waals surface area contributed by atoms with Gasteiger partial charge in [0.05, 0.1) is 16.0 Å². The fourth-order valence-corrected chi connectivity index (χ4v) is 3.19. The van der Waals surface area contributed by atoms with Crippen molar-refractivity contribution in [1.29, 1.82) is 0 Å². The zero-order valence-corrected chi connectivity index (χ0v) is 9.45. The molecule has 2 aromatic heterocycles. The molecule has 2 rings (SSSR count). The molecule has 0 saturated carbocycles. The average molecular weight is 227 g/mol. The molecule has 14 heavy (non-hydrogen) atoms. The average Bonchev–Trinajstić information content (AvgIpc) is 2.74. The van der Waals surface area contributed by atoms with Crippen LogP contribution in [0, 0.1) is 0 Å². The smallest absolute Gasteiger partial charge is 0.274 e. The number of carbonyl (C=O) groups is 1. The molecule has 0 saturated heterocycles. The van der Waals surface area contributed by atoms with E-state index in [9.17, 15) is 4.79 Å². The molecule has 0 spiro atoms. The summed E-state index contributed by atoms with van der Waals surface area (Å²) < 4.78 is 1.18. The Labute approximate surface area is 89.5 Å². The molecule has 0 aliphatic heterocycles. The standard InChI is InChI=1S/C9H9NO2S2/c1-10(12-2)8(11)7-5-6-3-4-13-9(6)14-7/h3-5H,1-2H3. The molecule has 0 bridgehead atoms. The van der Waals surface area contributed by atoms with Gasteiger partial charge in [-0.3, -0.25) is 9.63 Å². The van der Waals surface area contributed by atoms with Crippen LogP contribution in [0.4, 0.5) is 0 Å². The number of amides is 1. The predicted molar refractivity (Wildman–Crippen MR) is 58.8 cm³/mol. The lowest BCUT2D eigenvalue weighted by atomic mass is 10.3. The molecule has 0 unspecified atom stereocenters. The molecule has 3 nitrogen and oxygen atoms in total. The van der Waals surface area contributed by atoms with Crippen molar-refractivity contribution < 1.29 is 9.63 Å². The molecule has 0 aliphatic carbocycles. The van der Waals surface area contributed by atoms with Crippen molar-refractivity contribution in [1.82, 2.24) is 5.06 Å². The molecule has 2 heterocycles. The van der Waals surface area contributed by atoms with Gasteiger partial charge < -0.3 is 0 Å². The van der Waals surface area contributed by atoms with Gasteiger partial charge in [0, 0.05) is 12.4 Å². The minimum atomic E-state index is -0.0964. The van der Waals surface area contributed by atoms with Crippen LogP contribution in [0.15, 0.2) is 17.5 Å². The van der Waals surface area contributed by atoms with Crippen LogP contribution >= 0.6 is 22.7 Å². The highest BCUT2D eigenvalue weighted by Crippen LogP contribution is 2.30. The van der Waals surface area contributed by atoms with Crippen LogP contribution in [0.1, 0.15) is 9.67 Å². The lowest BCUT2D eigenvalue weighted by Gasteiger charge is -2.11. The van der Waals surface area contributed by atoms with E-state index in [0.29, 0.717) is 0 Å².